The van der Waals surface area contributed by atoms with Crippen molar-refractivity contribution >= 4 is 22.2 Å². The summed E-state index contributed by atoms with van der Waals surface area (Å²) in [5.41, 5.74) is 2.41. The molecule has 0 spiro atoms. The first-order valence-electron chi connectivity index (χ1n) is 7.97. The van der Waals surface area contributed by atoms with Crippen molar-refractivity contribution in [3.05, 3.63) is 46.2 Å². The third-order valence-electron chi connectivity index (χ3n) is 3.68. The second kappa shape index (κ2) is 7.00. The number of aromatic nitrogens is 3. The molecule has 0 aliphatic rings. The highest BCUT2D eigenvalue weighted by atomic mass is 32.1. The molecule has 6 nitrogen and oxygen atoms in total. The summed E-state index contributed by atoms with van der Waals surface area (Å²) in [5.74, 6) is 0.635. The van der Waals surface area contributed by atoms with Gasteiger partial charge in [-0.25, -0.2) is 9.50 Å². The maximum atomic E-state index is 12.3. The fourth-order valence-electron chi connectivity index (χ4n) is 2.41. The van der Waals surface area contributed by atoms with Gasteiger partial charge in [0.25, 0.3) is 5.91 Å². The molecule has 7 heteroatoms. The molecule has 126 valence electrons. The van der Waals surface area contributed by atoms with Gasteiger partial charge in [-0.1, -0.05) is 18.3 Å². The van der Waals surface area contributed by atoms with E-state index in [9.17, 15) is 4.79 Å². The first-order chi connectivity index (χ1) is 11.6. The number of hydrogen-bond acceptors (Lipinski definition) is 5. The summed E-state index contributed by atoms with van der Waals surface area (Å²) in [6.45, 7) is 6.93. The van der Waals surface area contributed by atoms with Crippen molar-refractivity contribution in [1.29, 1.82) is 0 Å². The Morgan fingerprint density at radius 3 is 2.71 bits per heavy atom. The van der Waals surface area contributed by atoms with Crippen LogP contribution < -0.4 is 10.1 Å². The normalized spacial score (nSPS) is 11.0. The largest absolute Gasteiger partial charge is 0.494 e. The number of fused-ring (bicyclic) bond motifs is 1. The number of hydrogen-bond donors (Lipinski definition) is 1. The highest BCUT2D eigenvalue weighted by Gasteiger charge is 2.14. The van der Waals surface area contributed by atoms with Gasteiger partial charge in [0, 0.05) is 5.56 Å². The van der Waals surface area contributed by atoms with Gasteiger partial charge >= 0.3 is 0 Å². The minimum Gasteiger partial charge on any atom is -0.494 e. The number of rotatable bonds is 6. The monoisotopic (exact) mass is 344 g/mol. The van der Waals surface area contributed by atoms with Crippen molar-refractivity contribution < 1.29 is 9.53 Å². The van der Waals surface area contributed by atoms with E-state index < -0.39 is 0 Å². The van der Waals surface area contributed by atoms with Crippen molar-refractivity contribution in [2.24, 2.45) is 0 Å². The number of carbonyl (C=O) groups excluding carboxylic acids is 1. The van der Waals surface area contributed by atoms with Gasteiger partial charge in [-0.2, -0.15) is 5.10 Å². The quantitative estimate of drug-likeness (QED) is 0.746. The van der Waals surface area contributed by atoms with Gasteiger partial charge in [0.05, 0.1) is 24.5 Å². The molecule has 1 aromatic carbocycles. The lowest BCUT2D eigenvalue weighted by molar-refractivity contribution is 0.0950. The van der Waals surface area contributed by atoms with Crippen LogP contribution in [0.4, 0.5) is 0 Å². The summed E-state index contributed by atoms with van der Waals surface area (Å²) >= 11 is 1.58. The van der Waals surface area contributed by atoms with Crippen molar-refractivity contribution in [3.8, 4) is 5.75 Å². The molecule has 0 atom stereocenters. The number of benzene rings is 1. The van der Waals surface area contributed by atoms with Crippen LogP contribution in [-0.4, -0.2) is 27.1 Å². The van der Waals surface area contributed by atoms with Gasteiger partial charge in [0.15, 0.2) is 0 Å². The van der Waals surface area contributed by atoms with Gasteiger partial charge in [-0.15, -0.1) is 0 Å². The summed E-state index contributed by atoms with van der Waals surface area (Å²) < 4.78 is 7.22. The second-order valence-electron chi connectivity index (χ2n) is 5.33. The van der Waals surface area contributed by atoms with E-state index in [0.29, 0.717) is 18.7 Å². The van der Waals surface area contributed by atoms with E-state index in [1.54, 1.807) is 35.6 Å². The number of nitrogens with zero attached hydrogens (tertiary/aromatic N) is 3. The van der Waals surface area contributed by atoms with E-state index in [2.05, 4.69) is 22.3 Å². The lowest BCUT2D eigenvalue weighted by Crippen LogP contribution is -2.24. The number of nitrogens with one attached hydrogen (secondary N) is 1. The van der Waals surface area contributed by atoms with Crippen molar-refractivity contribution in [2.45, 2.75) is 33.7 Å². The molecule has 0 bridgehead atoms. The van der Waals surface area contributed by atoms with Gasteiger partial charge in [-0.3, -0.25) is 4.79 Å². The minimum atomic E-state index is -0.127. The van der Waals surface area contributed by atoms with Crippen LogP contribution in [0.2, 0.25) is 0 Å². The fourth-order valence-corrected chi connectivity index (χ4v) is 3.31. The van der Waals surface area contributed by atoms with E-state index in [1.165, 1.54) is 0 Å². The Morgan fingerprint density at radius 1 is 1.29 bits per heavy atom. The molecular formula is C17H20N4O2S. The van der Waals surface area contributed by atoms with E-state index in [4.69, 9.17) is 4.74 Å². The molecule has 0 saturated heterocycles. The van der Waals surface area contributed by atoms with E-state index in [-0.39, 0.29) is 5.91 Å². The summed E-state index contributed by atoms with van der Waals surface area (Å²) in [6, 6.07) is 7.12. The highest BCUT2D eigenvalue weighted by Crippen LogP contribution is 2.19. The first kappa shape index (κ1) is 16.4. The zero-order valence-corrected chi connectivity index (χ0v) is 14.8. The van der Waals surface area contributed by atoms with E-state index in [1.807, 2.05) is 18.4 Å². The maximum absolute atomic E-state index is 12.3. The average molecular weight is 344 g/mol. The van der Waals surface area contributed by atoms with Crippen molar-refractivity contribution in [3.63, 3.8) is 0 Å². The Morgan fingerprint density at radius 2 is 2.04 bits per heavy atom. The SMILES string of the molecule is CCOc1ccc(C(=O)NCc2c(C)nc3sc(CC)nn23)cc1. The number of ether oxygens (including phenoxy) is 1. The predicted molar refractivity (Wildman–Crippen MR) is 93.8 cm³/mol. The van der Waals surface area contributed by atoms with Crippen LogP contribution in [0.1, 0.15) is 40.6 Å². The molecule has 0 radical (unpaired) electrons. The summed E-state index contributed by atoms with van der Waals surface area (Å²) in [6.07, 6.45) is 0.880. The van der Waals surface area contributed by atoms with Crippen LogP contribution in [0, 0.1) is 6.92 Å². The van der Waals surface area contributed by atoms with Crippen molar-refractivity contribution in [2.75, 3.05) is 6.61 Å². The van der Waals surface area contributed by atoms with Gasteiger partial charge in [0.1, 0.15) is 10.8 Å². The molecule has 0 unspecified atom stereocenters. The molecule has 3 rings (SSSR count). The highest BCUT2D eigenvalue weighted by molar-refractivity contribution is 7.16. The molecule has 2 heterocycles. The standard InChI is InChI=1S/C17H20N4O2S/c1-4-15-20-21-14(11(3)19-17(21)24-15)10-18-16(22)12-6-8-13(9-7-12)23-5-2/h6-9H,4-5,10H2,1-3H3,(H,18,22). The van der Waals surface area contributed by atoms with Crippen molar-refractivity contribution in [1.82, 2.24) is 19.9 Å². The van der Waals surface area contributed by atoms with Gasteiger partial charge < -0.3 is 10.1 Å². The Balaban J connectivity index is 1.71. The summed E-state index contributed by atoms with van der Waals surface area (Å²) in [4.78, 5) is 17.7. The molecule has 0 aliphatic heterocycles. The smallest absolute Gasteiger partial charge is 0.251 e. The Hall–Kier alpha value is -2.41. The van der Waals surface area contributed by atoms with Gasteiger partial charge in [-0.05, 0) is 44.5 Å². The molecular weight excluding hydrogens is 324 g/mol. The summed E-state index contributed by atoms with van der Waals surface area (Å²) in [7, 11) is 0. The number of aryl methyl sites for hydroxylation is 2. The third-order valence-corrected chi connectivity index (χ3v) is 4.74. The topological polar surface area (TPSA) is 68.5 Å². The maximum Gasteiger partial charge on any atom is 0.251 e. The summed E-state index contributed by atoms with van der Waals surface area (Å²) in [5, 5.41) is 8.52. The van der Waals surface area contributed by atoms with E-state index >= 15 is 0 Å². The Bertz CT molecular complexity index is 851. The zero-order valence-electron chi connectivity index (χ0n) is 14.0. The third kappa shape index (κ3) is 3.26. The predicted octanol–water partition coefficient (Wildman–Crippen LogP) is 2.99. The first-order valence-corrected chi connectivity index (χ1v) is 8.79. The molecule has 2 aromatic heterocycles. The molecule has 1 N–H and O–H groups in total. The molecule has 0 saturated carbocycles. The van der Waals surface area contributed by atoms with Crippen LogP contribution in [0.5, 0.6) is 5.75 Å². The van der Waals surface area contributed by atoms with Crippen LogP contribution in [0.15, 0.2) is 24.3 Å². The number of amides is 1. The molecule has 0 aliphatic carbocycles. The number of imidazole rings is 1. The lowest BCUT2D eigenvalue weighted by atomic mass is 10.2. The van der Waals surface area contributed by atoms with E-state index in [0.717, 1.165) is 33.5 Å². The van der Waals surface area contributed by atoms with Gasteiger partial charge in [0.2, 0.25) is 4.96 Å². The zero-order chi connectivity index (χ0) is 17.1. The minimum absolute atomic E-state index is 0.127. The molecule has 1 amide bonds. The molecule has 24 heavy (non-hydrogen) atoms. The van der Waals surface area contributed by atoms with Crippen LogP contribution in [-0.2, 0) is 13.0 Å². The van der Waals surface area contributed by atoms with Crippen LogP contribution in [0.25, 0.3) is 4.96 Å². The molecule has 3 aromatic rings. The Kier molecular flexibility index (Phi) is 4.80. The number of carbonyl (C=O) groups is 1. The lowest BCUT2D eigenvalue weighted by Gasteiger charge is -2.07. The second-order valence-corrected chi connectivity index (χ2v) is 6.37. The fraction of sp³-hybridized carbons (Fsp3) is 0.353. The van der Waals surface area contributed by atoms with Crippen LogP contribution in [0.3, 0.4) is 0 Å². The Labute approximate surface area is 144 Å². The molecule has 0 fully saturated rings. The average Bonchev–Trinajstić information content (AvgIpc) is 3.10. The van der Waals surface area contributed by atoms with Crippen LogP contribution >= 0.6 is 11.3 Å².